The smallest absolute Gasteiger partial charge is 0.234 e. The highest BCUT2D eigenvalue weighted by Gasteiger charge is 2.26. The molecule has 1 N–H and O–H groups in total. The van der Waals surface area contributed by atoms with Crippen LogP contribution in [0, 0.1) is 6.92 Å². The lowest BCUT2D eigenvalue weighted by molar-refractivity contribution is -0.123. The number of hydrogen-bond acceptors (Lipinski definition) is 3. The first-order valence-corrected chi connectivity index (χ1v) is 10.3. The van der Waals surface area contributed by atoms with E-state index in [-0.39, 0.29) is 18.0 Å². The van der Waals surface area contributed by atoms with E-state index in [1.54, 1.807) is 11.3 Å². The molecule has 1 amide bonds. The minimum atomic E-state index is -0.0953. The van der Waals surface area contributed by atoms with Gasteiger partial charge in [-0.2, -0.15) is 0 Å². The molecule has 0 spiro atoms. The summed E-state index contributed by atoms with van der Waals surface area (Å²) >= 11 is 1.68. The summed E-state index contributed by atoms with van der Waals surface area (Å²) in [5.41, 5.74) is 3.62. The first-order valence-electron chi connectivity index (χ1n) is 9.40. The van der Waals surface area contributed by atoms with E-state index in [9.17, 15) is 4.79 Å². The topological polar surface area (TPSA) is 37.3 Å². The van der Waals surface area contributed by atoms with Gasteiger partial charge in [0.1, 0.15) is 0 Å². The van der Waals surface area contributed by atoms with Gasteiger partial charge in [0.15, 0.2) is 0 Å². The normalized spacial score (nSPS) is 18.1. The van der Waals surface area contributed by atoms with Crippen LogP contribution in [0.25, 0.3) is 0 Å². The summed E-state index contributed by atoms with van der Waals surface area (Å²) in [5.74, 6) is 0.0702. The zero-order valence-corrected chi connectivity index (χ0v) is 16.6. The third-order valence-corrected chi connectivity index (χ3v) is 6.30. The van der Waals surface area contributed by atoms with E-state index < -0.39 is 0 Å². The summed E-state index contributed by atoms with van der Waals surface area (Å²) in [6, 6.07) is 16.9. The van der Waals surface area contributed by atoms with Gasteiger partial charge in [-0.1, -0.05) is 35.9 Å². The first-order chi connectivity index (χ1) is 13.1. The molecule has 4 nitrogen and oxygen atoms in total. The standard InChI is InChI=1S/C22H25N3OS/c1-16-7-9-18(10-8-16)22(20-6-4-14-27-20)23-21(26)15-25-13-12-24-11-3-5-19(24)17(25)2/h3-11,14,17,22H,12-13,15H2,1-2H3,(H,23,26)/t17-,22-/m1/s1. The van der Waals surface area contributed by atoms with Crippen LogP contribution in [0.2, 0.25) is 0 Å². The SMILES string of the molecule is Cc1ccc([C@@H](NC(=O)CN2CCn3cccc3[C@H]2C)c2cccs2)cc1. The molecule has 0 bridgehead atoms. The molecular formula is C22H25N3OS. The van der Waals surface area contributed by atoms with Crippen LogP contribution in [0.1, 0.15) is 40.7 Å². The van der Waals surface area contributed by atoms with Crippen molar-refractivity contribution in [3.05, 3.63) is 81.8 Å². The highest BCUT2D eigenvalue weighted by molar-refractivity contribution is 7.10. The third kappa shape index (κ3) is 3.84. The fourth-order valence-corrected chi connectivity index (χ4v) is 4.57. The van der Waals surface area contributed by atoms with Crippen LogP contribution < -0.4 is 5.32 Å². The molecule has 0 fully saturated rings. The van der Waals surface area contributed by atoms with E-state index in [2.05, 4.69) is 82.7 Å². The largest absolute Gasteiger partial charge is 0.349 e. The fraction of sp³-hybridized carbons (Fsp3) is 0.318. The molecule has 0 saturated heterocycles. The van der Waals surface area contributed by atoms with Crippen LogP contribution >= 0.6 is 11.3 Å². The second-order valence-electron chi connectivity index (χ2n) is 7.20. The molecular weight excluding hydrogens is 354 g/mol. The Kier molecular flexibility index (Phi) is 5.14. The van der Waals surface area contributed by atoms with Crippen molar-refractivity contribution in [3.8, 4) is 0 Å². The molecule has 2 atom stereocenters. The highest BCUT2D eigenvalue weighted by atomic mass is 32.1. The monoisotopic (exact) mass is 379 g/mol. The van der Waals surface area contributed by atoms with Gasteiger partial charge in [-0.25, -0.2) is 0 Å². The molecule has 140 valence electrons. The van der Waals surface area contributed by atoms with Gasteiger partial charge in [0.2, 0.25) is 5.91 Å². The van der Waals surface area contributed by atoms with Gasteiger partial charge < -0.3 is 9.88 Å². The molecule has 0 aliphatic carbocycles. The predicted octanol–water partition coefficient (Wildman–Crippen LogP) is 4.14. The molecule has 1 aliphatic rings. The number of hydrogen-bond donors (Lipinski definition) is 1. The Bertz CT molecular complexity index is 898. The average molecular weight is 380 g/mol. The summed E-state index contributed by atoms with van der Waals surface area (Å²) in [5, 5.41) is 5.32. The Morgan fingerprint density at radius 2 is 2.00 bits per heavy atom. The van der Waals surface area contributed by atoms with E-state index >= 15 is 0 Å². The van der Waals surface area contributed by atoms with E-state index in [0.717, 1.165) is 23.5 Å². The maximum atomic E-state index is 12.9. The van der Waals surface area contributed by atoms with Crippen LogP contribution in [0.5, 0.6) is 0 Å². The van der Waals surface area contributed by atoms with Crippen molar-refractivity contribution in [1.82, 2.24) is 14.8 Å². The number of nitrogens with one attached hydrogen (secondary N) is 1. The fourth-order valence-electron chi connectivity index (χ4n) is 3.77. The molecule has 0 radical (unpaired) electrons. The van der Waals surface area contributed by atoms with Gasteiger partial charge in [0.25, 0.3) is 0 Å². The summed E-state index contributed by atoms with van der Waals surface area (Å²) in [6.07, 6.45) is 2.12. The zero-order valence-electron chi connectivity index (χ0n) is 15.8. The Morgan fingerprint density at radius 3 is 2.74 bits per heavy atom. The van der Waals surface area contributed by atoms with Gasteiger partial charge in [-0.05, 0) is 43.0 Å². The number of rotatable bonds is 5. The highest BCUT2D eigenvalue weighted by Crippen LogP contribution is 2.28. The molecule has 0 unspecified atom stereocenters. The Morgan fingerprint density at radius 1 is 1.19 bits per heavy atom. The second-order valence-corrected chi connectivity index (χ2v) is 8.18. The number of benzene rings is 1. The van der Waals surface area contributed by atoms with Crippen molar-refractivity contribution in [2.75, 3.05) is 13.1 Å². The molecule has 3 aromatic rings. The number of aryl methyl sites for hydroxylation is 1. The number of carbonyl (C=O) groups is 1. The number of nitrogens with zero attached hydrogens (tertiary/aromatic N) is 2. The van der Waals surface area contributed by atoms with E-state index in [0.29, 0.717) is 6.54 Å². The van der Waals surface area contributed by atoms with Gasteiger partial charge in [0, 0.05) is 35.9 Å². The quantitative estimate of drug-likeness (QED) is 0.723. The molecule has 27 heavy (non-hydrogen) atoms. The number of thiophene rings is 1. The number of aromatic nitrogens is 1. The Balaban J connectivity index is 1.48. The van der Waals surface area contributed by atoms with E-state index in [4.69, 9.17) is 0 Å². The molecule has 0 saturated carbocycles. The van der Waals surface area contributed by atoms with Crippen LogP contribution in [0.3, 0.4) is 0 Å². The molecule has 1 aliphatic heterocycles. The van der Waals surface area contributed by atoms with Crippen LogP contribution in [0.4, 0.5) is 0 Å². The number of carbonyl (C=O) groups excluding carboxylic acids is 1. The van der Waals surface area contributed by atoms with Crippen molar-refractivity contribution >= 4 is 17.2 Å². The van der Waals surface area contributed by atoms with Crippen LogP contribution in [-0.2, 0) is 11.3 Å². The molecule has 1 aromatic carbocycles. The summed E-state index contributed by atoms with van der Waals surface area (Å²) in [4.78, 5) is 16.3. The lowest BCUT2D eigenvalue weighted by Crippen LogP contribution is -2.44. The molecule has 5 heteroatoms. The van der Waals surface area contributed by atoms with Gasteiger partial charge in [-0.15, -0.1) is 11.3 Å². The average Bonchev–Trinajstić information content (AvgIpc) is 3.35. The van der Waals surface area contributed by atoms with E-state index in [1.165, 1.54) is 11.3 Å². The zero-order chi connectivity index (χ0) is 18.8. The Labute approximate surface area is 164 Å². The van der Waals surface area contributed by atoms with Crippen molar-refractivity contribution in [1.29, 1.82) is 0 Å². The van der Waals surface area contributed by atoms with Crippen molar-refractivity contribution in [2.45, 2.75) is 32.5 Å². The van der Waals surface area contributed by atoms with Crippen molar-refractivity contribution < 1.29 is 4.79 Å². The minimum absolute atomic E-state index is 0.0702. The summed E-state index contributed by atoms with van der Waals surface area (Å²) in [6.45, 7) is 6.50. The lowest BCUT2D eigenvalue weighted by Gasteiger charge is -2.34. The maximum absolute atomic E-state index is 12.9. The van der Waals surface area contributed by atoms with E-state index in [1.807, 2.05) is 6.07 Å². The molecule has 3 heterocycles. The van der Waals surface area contributed by atoms with Gasteiger partial charge in [-0.3, -0.25) is 9.69 Å². The lowest BCUT2D eigenvalue weighted by atomic mass is 10.0. The van der Waals surface area contributed by atoms with Crippen LogP contribution in [0.15, 0.2) is 60.1 Å². The van der Waals surface area contributed by atoms with Gasteiger partial charge in [0.05, 0.1) is 12.6 Å². The first kappa shape index (κ1) is 18.0. The second kappa shape index (κ2) is 7.71. The molecule has 4 rings (SSSR count). The number of amides is 1. The number of fused-ring (bicyclic) bond motifs is 1. The Hall–Kier alpha value is -2.37. The van der Waals surface area contributed by atoms with Gasteiger partial charge >= 0.3 is 0 Å². The van der Waals surface area contributed by atoms with Crippen molar-refractivity contribution in [2.24, 2.45) is 0 Å². The predicted molar refractivity (Wildman–Crippen MR) is 110 cm³/mol. The molecule has 2 aromatic heterocycles. The third-order valence-electron chi connectivity index (χ3n) is 5.36. The summed E-state index contributed by atoms with van der Waals surface area (Å²) < 4.78 is 2.28. The van der Waals surface area contributed by atoms with Crippen LogP contribution in [-0.4, -0.2) is 28.5 Å². The minimum Gasteiger partial charge on any atom is -0.349 e. The maximum Gasteiger partial charge on any atom is 0.234 e. The summed E-state index contributed by atoms with van der Waals surface area (Å²) in [7, 11) is 0. The van der Waals surface area contributed by atoms with Crippen molar-refractivity contribution in [3.63, 3.8) is 0 Å².